The van der Waals surface area contributed by atoms with Gasteiger partial charge >= 0.3 is 0 Å². The third-order valence-electron chi connectivity index (χ3n) is 8.51. The van der Waals surface area contributed by atoms with Crippen LogP contribution in [-0.2, 0) is 0 Å². The summed E-state index contributed by atoms with van der Waals surface area (Å²) in [6.07, 6.45) is 23.3. The molecule has 0 aliphatic rings. The first-order valence-electron chi connectivity index (χ1n) is 13.1. The van der Waals surface area contributed by atoms with E-state index in [1.165, 1.54) is 75.5 Å². The standard InChI is InChI=1S/C28H54Si2/c1-11-25(7)17-21-29(15-5,22-18-26(8)12-2)30(16-6,23-19-27(9)13-3)24-20-28(10)14-4/h5-6,25-28H,11-14,17-24H2,1-4,7-10H3. The largest absolute Gasteiger partial charge is 0.144 e. The van der Waals surface area contributed by atoms with Gasteiger partial charge in [0.15, 0.2) is 0 Å². The summed E-state index contributed by atoms with van der Waals surface area (Å²) in [5.41, 5.74) is 7.22. The molecule has 0 aromatic rings. The van der Waals surface area contributed by atoms with Crippen molar-refractivity contribution in [2.24, 2.45) is 23.7 Å². The van der Waals surface area contributed by atoms with Crippen molar-refractivity contribution < 1.29 is 0 Å². The summed E-state index contributed by atoms with van der Waals surface area (Å²) >= 11 is 0. The Kier molecular flexibility index (Phi) is 15.1. The fourth-order valence-electron chi connectivity index (χ4n) is 4.56. The van der Waals surface area contributed by atoms with Gasteiger partial charge < -0.3 is 0 Å². The molecule has 174 valence electrons. The number of hydrogen-bond acceptors (Lipinski definition) is 0. The minimum absolute atomic E-state index is 0.766. The highest BCUT2D eigenvalue weighted by atomic mass is 29.3. The molecule has 0 rings (SSSR count). The van der Waals surface area contributed by atoms with Gasteiger partial charge in [0.1, 0.15) is 15.2 Å². The van der Waals surface area contributed by atoms with E-state index in [2.05, 4.69) is 66.5 Å². The molecule has 0 amide bonds. The summed E-state index contributed by atoms with van der Waals surface area (Å²) in [6.45, 7) is 18.9. The maximum atomic E-state index is 6.55. The molecule has 4 atom stereocenters. The highest BCUT2D eigenvalue weighted by Crippen LogP contribution is 2.40. The quantitative estimate of drug-likeness (QED) is 0.154. The van der Waals surface area contributed by atoms with Crippen LogP contribution in [0.15, 0.2) is 0 Å². The summed E-state index contributed by atoms with van der Waals surface area (Å²) < 4.78 is 0. The van der Waals surface area contributed by atoms with Crippen molar-refractivity contribution in [1.29, 1.82) is 0 Å². The molecule has 0 spiro atoms. The fraction of sp³-hybridized carbons (Fsp3) is 0.857. The molecule has 0 aliphatic heterocycles. The van der Waals surface area contributed by atoms with Crippen LogP contribution in [0, 0.1) is 47.6 Å². The summed E-state index contributed by atoms with van der Waals surface area (Å²) in [5, 5.41) is 0. The molecule has 0 saturated heterocycles. The smallest absolute Gasteiger partial charge is 0.136 e. The fourth-order valence-corrected chi connectivity index (χ4v) is 21.2. The topological polar surface area (TPSA) is 0 Å². The van der Waals surface area contributed by atoms with Gasteiger partial charge in [-0.25, -0.2) is 0 Å². The SMILES string of the molecule is C#C[Si](CCC(C)CC)(CCC(C)CC)[Si](C#C)(CCC(C)CC)CCC(C)CC. The van der Waals surface area contributed by atoms with Crippen molar-refractivity contribution in [3.05, 3.63) is 0 Å². The molecule has 0 N–H and O–H groups in total. The molecule has 0 radical (unpaired) electrons. The first-order valence-corrected chi connectivity index (χ1v) is 19.0. The van der Waals surface area contributed by atoms with E-state index in [0.717, 1.165) is 23.7 Å². The normalized spacial score (nSPS) is 19.5. The Bertz CT molecular complexity index is 448. The minimum atomic E-state index is -1.94. The van der Waals surface area contributed by atoms with Gasteiger partial charge in [0.2, 0.25) is 0 Å². The van der Waals surface area contributed by atoms with Crippen LogP contribution in [-0.4, -0.2) is 15.2 Å². The first-order chi connectivity index (χ1) is 14.2. The van der Waals surface area contributed by atoms with Gasteiger partial charge in [0.05, 0.1) is 0 Å². The van der Waals surface area contributed by atoms with Crippen molar-refractivity contribution in [1.82, 2.24) is 0 Å². The summed E-state index contributed by atoms with van der Waals surface area (Å²) in [6, 6.07) is 5.14. The van der Waals surface area contributed by atoms with Crippen LogP contribution in [0.2, 0.25) is 24.2 Å². The number of rotatable bonds is 17. The molecule has 30 heavy (non-hydrogen) atoms. The van der Waals surface area contributed by atoms with Crippen molar-refractivity contribution in [2.75, 3.05) is 0 Å². The predicted octanol–water partition coefficient (Wildman–Crippen LogP) is 9.05. The van der Waals surface area contributed by atoms with Gasteiger partial charge in [0.25, 0.3) is 0 Å². The van der Waals surface area contributed by atoms with E-state index >= 15 is 0 Å². The second-order valence-corrected chi connectivity index (χ2v) is 23.3. The van der Waals surface area contributed by atoms with Crippen LogP contribution in [0.25, 0.3) is 0 Å². The zero-order chi connectivity index (χ0) is 23.2. The van der Waals surface area contributed by atoms with Crippen LogP contribution in [0.5, 0.6) is 0 Å². The van der Waals surface area contributed by atoms with Crippen LogP contribution in [0.1, 0.15) is 107 Å². The highest BCUT2D eigenvalue weighted by molar-refractivity contribution is 7.48. The van der Waals surface area contributed by atoms with Gasteiger partial charge in [-0.15, -0.1) is 23.9 Å². The average Bonchev–Trinajstić information content (AvgIpc) is 2.78. The second-order valence-electron chi connectivity index (χ2n) is 10.7. The minimum Gasteiger partial charge on any atom is -0.136 e. The Hall–Kier alpha value is -0.446. The van der Waals surface area contributed by atoms with Gasteiger partial charge in [0, 0.05) is 0 Å². The Morgan fingerprint density at radius 1 is 0.500 bits per heavy atom. The third kappa shape index (κ3) is 8.96. The molecule has 0 aromatic carbocycles. The average molecular weight is 447 g/mol. The molecular weight excluding hydrogens is 392 g/mol. The van der Waals surface area contributed by atoms with Crippen LogP contribution in [0.3, 0.4) is 0 Å². The maximum Gasteiger partial charge on any atom is 0.144 e. The van der Waals surface area contributed by atoms with E-state index in [1.807, 2.05) is 0 Å². The lowest BCUT2D eigenvalue weighted by atomic mass is 10.1. The Morgan fingerprint density at radius 3 is 0.833 bits per heavy atom. The Morgan fingerprint density at radius 2 is 0.700 bits per heavy atom. The third-order valence-corrected chi connectivity index (χ3v) is 25.4. The molecule has 0 aliphatic carbocycles. The van der Waals surface area contributed by atoms with Crippen molar-refractivity contribution >= 4 is 15.2 Å². The number of hydrogen-bond donors (Lipinski definition) is 0. The van der Waals surface area contributed by atoms with Gasteiger partial charge in [-0.3, -0.25) is 0 Å². The predicted molar refractivity (Wildman–Crippen MR) is 145 cm³/mol. The van der Waals surface area contributed by atoms with Gasteiger partial charge in [-0.2, -0.15) is 0 Å². The van der Waals surface area contributed by atoms with E-state index in [1.54, 1.807) is 0 Å². The molecule has 0 aromatic heterocycles. The molecule has 0 bridgehead atoms. The van der Waals surface area contributed by atoms with E-state index < -0.39 is 15.2 Å². The Balaban J connectivity index is 6.13. The van der Waals surface area contributed by atoms with E-state index in [4.69, 9.17) is 12.8 Å². The monoisotopic (exact) mass is 446 g/mol. The van der Waals surface area contributed by atoms with Gasteiger partial charge in [-0.05, 0) is 47.8 Å². The molecule has 2 heteroatoms. The lowest BCUT2D eigenvalue weighted by molar-refractivity contribution is 0.524. The van der Waals surface area contributed by atoms with Crippen molar-refractivity contribution in [3.8, 4) is 23.9 Å². The lowest BCUT2D eigenvalue weighted by Gasteiger charge is -2.43. The van der Waals surface area contributed by atoms with E-state index in [-0.39, 0.29) is 0 Å². The lowest BCUT2D eigenvalue weighted by Crippen LogP contribution is -2.62. The van der Waals surface area contributed by atoms with Crippen molar-refractivity contribution in [2.45, 2.75) is 131 Å². The van der Waals surface area contributed by atoms with E-state index in [0.29, 0.717) is 0 Å². The second kappa shape index (κ2) is 15.4. The van der Waals surface area contributed by atoms with Crippen molar-refractivity contribution in [3.63, 3.8) is 0 Å². The molecule has 0 fully saturated rings. The molecular formula is C28H54Si2. The van der Waals surface area contributed by atoms with Crippen LogP contribution < -0.4 is 0 Å². The number of terminal acetylenes is 2. The Labute approximate surface area is 193 Å². The summed E-state index contributed by atoms with van der Waals surface area (Å²) in [5.74, 6) is 3.06. The van der Waals surface area contributed by atoms with Crippen LogP contribution >= 0.6 is 0 Å². The summed E-state index contributed by atoms with van der Waals surface area (Å²) in [4.78, 5) is 0. The highest BCUT2D eigenvalue weighted by Gasteiger charge is 2.52. The first kappa shape index (κ1) is 29.6. The molecule has 4 unspecified atom stereocenters. The maximum absolute atomic E-state index is 6.55. The van der Waals surface area contributed by atoms with Crippen LogP contribution in [0.4, 0.5) is 0 Å². The zero-order valence-electron chi connectivity index (χ0n) is 21.9. The summed E-state index contributed by atoms with van der Waals surface area (Å²) in [7, 11) is -3.87. The molecule has 0 nitrogen and oxygen atoms in total. The van der Waals surface area contributed by atoms with Gasteiger partial charge in [-0.1, -0.05) is 107 Å². The molecule has 0 heterocycles. The van der Waals surface area contributed by atoms with E-state index in [9.17, 15) is 0 Å². The zero-order valence-corrected chi connectivity index (χ0v) is 23.9. The molecule has 0 saturated carbocycles.